The smallest absolute Gasteiger partial charge is 0.305 e. The molecule has 1 atom stereocenters. The molecule has 1 unspecified atom stereocenters. The third kappa shape index (κ3) is 6.66. The molecular formula is C21H25NO5. The number of nitrogens with one attached hydrogen (secondary N) is 1. The molecule has 1 amide bonds. The normalized spacial score (nSPS) is 11.5. The topological polar surface area (TPSA) is 84.9 Å². The Morgan fingerprint density at radius 3 is 2.22 bits per heavy atom. The molecule has 0 spiro atoms. The molecule has 144 valence electrons. The Balaban J connectivity index is 2.04. The van der Waals surface area contributed by atoms with E-state index in [2.05, 4.69) is 5.32 Å². The summed E-state index contributed by atoms with van der Waals surface area (Å²) in [6.45, 7) is 2.64. The van der Waals surface area contributed by atoms with Gasteiger partial charge in [-0.15, -0.1) is 0 Å². The summed E-state index contributed by atoms with van der Waals surface area (Å²) in [4.78, 5) is 23.6. The van der Waals surface area contributed by atoms with E-state index in [9.17, 15) is 14.7 Å². The summed E-state index contributed by atoms with van der Waals surface area (Å²) < 4.78 is 10.6. The molecule has 2 N–H and O–H groups in total. The number of benzene rings is 2. The van der Waals surface area contributed by atoms with Crippen LogP contribution in [0.2, 0.25) is 0 Å². The van der Waals surface area contributed by atoms with Crippen LogP contribution in [0, 0.1) is 0 Å². The number of aliphatic carboxylic acids is 1. The minimum atomic E-state index is -0.976. The average Bonchev–Trinajstić information content (AvgIpc) is 2.66. The number of carboxylic acids is 1. The van der Waals surface area contributed by atoms with Gasteiger partial charge in [0, 0.05) is 0 Å². The summed E-state index contributed by atoms with van der Waals surface area (Å²) in [5, 5.41) is 12.0. The SMILES string of the molecule is CCCOc1ccc(C(CC(=O)O)NC(=O)Cc2ccc(OC)cc2)cc1. The summed E-state index contributed by atoms with van der Waals surface area (Å²) in [6, 6.07) is 13.7. The van der Waals surface area contributed by atoms with Gasteiger partial charge in [-0.25, -0.2) is 0 Å². The second-order valence-electron chi connectivity index (χ2n) is 6.16. The first-order valence-electron chi connectivity index (χ1n) is 8.88. The van der Waals surface area contributed by atoms with Gasteiger partial charge in [0.1, 0.15) is 11.5 Å². The Morgan fingerprint density at radius 2 is 1.67 bits per heavy atom. The second kappa shape index (κ2) is 10.2. The summed E-state index contributed by atoms with van der Waals surface area (Å²) in [5.41, 5.74) is 1.55. The summed E-state index contributed by atoms with van der Waals surface area (Å²) in [7, 11) is 1.58. The predicted molar refractivity (Wildman–Crippen MR) is 102 cm³/mol. The minimum Gasteiger partial charge on any atom is -0.497 e. The highest BCUT2D eigenvalue weighted by Crippen LogP contribution is 2.21. The van der Waals surface area contributed by atoms with E-state index in [-0.39, 0.29) is 18.7 Å². The van der Waals surface area contributed by atoms with E-state index in [0.29, 0.717) is 12.4 Å². The van der Waals surface area contributed by atoms with E-state index < -0.39 is 12.0 Å². The van der Waals surface area contributed by atoms with E-state index in [4.69, 9.17) is 9.47 Å². The van der Waals surface area contributed by atoms with E-state index >= 15 is 0 Å². The number of carbonyl (C=O) groups excluding carboxylic acids is 1. The van der Waals surface area contributed by atoms with Gasteiger partial charge in [-0.1, -0.05) is 31.2 Å². The van der Waals surface area contributed by atoms with Crippen molar-refractivity contribution >= 4 is 11.9 Å². The molecule has 27 heavy (non-hydrogen) atoms. The van der Waals surface area contributed by atoms with Gasteiger partial charge < -0.3 is 19.9 Å². The van der Waals surface area contributed by atoms with Crippen molar-refractivity contribution in [2.24, 2.45) is 0 Å². The number of hydrogen-bond donors (Lipinski definition) is 2. The highest BCUT2D eigenvalue weighted by molar-refractivity contribution is 5.80. The van der Waals surface area contributed by atoms with Gasteiger partial charge in [-0.2, -0.15) is 0 Å². The Kier molecular flexibility index (Phi) is 7.67. The summed E-state index contributed by atoms with van der Waals surface area (Å²) in [6.07, 6.45) is 0.881. The van der Waals surface area contributed by atoms with Crippen molar-refractivity contribution in [1.29, 1.82) is 0 Å². The lowest BCUT2D eigenvalue weighted by atomic mass is 10.0. The quantitative estimate of drug-likeness (QED) is 0.669. The lowest BCUT2D eigenvalue weighted by Crippen LogP contribution is -2.31. The highest BCUT2D eigenvalue weighted by Gasteiger charge is 2.18. The molecule has 6 nitrogen and oxygen atoms in total. The Labute approximate surface area is 159 Å². The lowest BCUT2D eigenvalue weighted by Gasteiger charge is -2.18. The maximum atomic E-state index is 12.4. The van der Waals surface area contributed by atoms with E-state index in [1.165, 1.54) is 0 Å². The van der Waals surface area contributed by atoms with Gasteiger partial charge in [0.15, 0.2) is 0 Å². The van der Waals surface area contributed by atoms with Crippen LogP contribution in [-0.2, 0) is 16.0 Å². The van der Waals surface area contributed by atoms with Crippen molar-refractivity contribution in [1.82, 2.24) is 5.32 Å². The lowest BCUT2D eigenvalue weighted by molar-refractivity contribution is -0.137. The van der Waals surface area contributed by atoms with Gasteiger partial charge in [-0.3, -0.25) is 9.59 Å². The molecule has 0 saturated heterocycles. The molecule has 0 fully saturated rings. The molecule has 0 heterocycles. The molecular weight excluding hydrogens is 346 g/mol. The fraction of sp³-hybridized carbons (Fsp3) is 0.333. The minimum absolute atomic E-state index is 0.164. The van der Waals surface area contributed by atoms with Crippen LogP contribution in [0.25, 0.3) is 0 Å². The summed E-state index contributed by atoms with van der Waals surface area (Å²) in [5.74, 6) is 0.223. The van der Waals surface area contributed by atoms with Gasteiger partial charge >= 0.3 is 5.97 Å². The predicted octanol–water partition coefficient (Wildman–Crippen LogP) is 3.36. The molecule has 0 radical (unpaired) electrons. The molecule has 6 heteroatoms. The molecule has 2 aromatic rings. The van der Waals surface area contributed by atoms with E-state index in [1.807, 2.05) is 19.1 Å². The second-order valence-corrected chi connectivity index (χ2v) is 6.16. The van der Waals surface area contributed by atoms with Gasteiger partial charge in [-0.05, 0) is 41.8 Å². The molecule has 0 aliphatic heterocycles. The third-order valence-electron chi connectivity index (χ3n) is 3.99. The van der Waals surface area contributed by atoms with Gasteiger partial charge in [0.2, 0.25) is 5.91 Å². The van der Waals surface area contributed by atoms with Crippen LogP contribution in [0.3, 0.4) is 0 Å². The van der Waals surface area contributed by atoms with Crippen LogP contribution in [-0.4, -0.2) is 30.7 Å². The molecule has 0 aromatic heterocycles. The number of hydrogen-bond acceptors (Lipinski definition) is 4. The van der Waals surface area contributed by atoms with Crippen molar-refractivity contribution in [3.05, 3.63) is 59.7 Å². The zero-order valence-electron chi connectivity index (χ0n) is 15.6. The van der Waals surface area contributed by atoms with Crippen LogP contribution in [0.4, 0.5) is 0 Å². The number of ether oxygens (including phenoxy) is 2. The average molecular weight is 371 g/mol. The number of amides is 1. The van der Waals surface area contributed by atoms with Crippen LogP contribution in [0.5, 0.6) is 11.5 Å². The Morgan fingerprint density at radius 1 is 1.04 bits per heavy atom. The fourth-order valence-electron chi connectivity index (χ4n) is 2.62. The van der Waals surface area contributed by atoms with Gasteiger partial charge in [0.25, 0.3) is 0 Å². The first-order valence-corrected chi connectivity index (χ1v) is 8.88. The fourth-order valence-corrected chi connectivity index (χ4v) is 2.62. The largest absolute Gasteiger partial charge is 0.497 e. The monoisotopic (exact) mass is 371 g/mol. The van der Waals surface area contributed by atoms with Crippen molar-refractivity contribution in [2.45, 2.75) is 32.2 Å². The maximum Gasteiger partial charge on any atom is 0.305 e. The van der Waals surface area contributed by atoms with E-state index in [0.717, 1.165) is 23.3 Å². The zero-order chi connectivity index (χ0) is 19.6. The molecule has 2 rings (SSSR count). The molecule has 0 aliphatic carbocycles. The van der Waals surface area contributed by atoms with Crippen molar-refractivity contribution in [3.63, 3.8) is 0 Å². The molecule has 2 aromatic carbocycles. The van der Waals surface area contributed by atoms with Crippen molar-refractivity contribution in [3.8, 4) is 11.5 Å². The van der Waals surface area contributed by atoms with E-state index in [1.54, 1.807) is 43.5 Å². The summed E-state index contributed by atoms with van der Waals surface area (Å²) >= 11 is 0. The van der Waals surface area contributed by atoms with Crippen LogP contribution >= 0.6 is 0 Å². The first-order chi connectivity index (χ1) is 13.0. The number of methoxy groups -OCH3 is 1. The Bertz CT molecular complexity index is 740. The highest BCUT2D eigenvalue weighted by atomic mass is 16.5. The molecule has 0 aliphatic rings. The van der Waals surface area contributed by atoms with Crippen molar-refractivity contribution < 1.29 is 24.2 Å². The molecule has 0 saturated carbocycles. The number of carbonyl (C=O) groups is 2. The zero-order valence-corrected chi connectivity index (χ0v) is 15.6. The Hall–Kier alpha value is -3.02. The first kappa shape index (κ1) is 20.3. The third-order valence-corrected chi connectivity index (χ3v) is 3.99. The standard InChI is InChI=1S/C21H25NO5/c1-3-12-27-18-10-6-16(7-11-18)19(14-21(24)25)22-20(23)13-15-4-8-17(26-2)9-5-15/h4-11,19H,3,12-14H2,1-2H3,(H,22,23)(H,24,25). The van der Waals surface area contributed by atoms with Crippen LogP contribution < -0.4 is 14.8 Å². The van der Waals surface area contributed by atoms with Crippen LogP contribution in [0.1, 0.15) is 36.9 Å². The number of rotatable bonds is 10. The van der Waals surface area contributed by atoms with Crippen LogP contribution in [0.15, 0.2) is 48.5 Å². The van der Waals surface area contributed by atoms with Gasteiger partial charge in [0.05, 0.1) is 32.6 Å². The number of carboxylic acid groups (broad SMARTS) is 1. The molecule has 0 bridgehead atoms. The van der Waals surface area contributed by atoms with Crippen molar-refractivity contribution in [2.75, 3.05) is 13.7 Å². The maximum absolute atomic E-state index is 12.4.